The molecule has 0 heterocycles. The predicted molar refractivity (Wildman–Crippen MR) is 83.5 cm³/mol. The number of nitrogens with one attached hydrogen (secondary N) is 1. The lowest BCUT2D eigenvalue weighted by Gasteiger charge is -2.18. The van der Waals surface area contributed by atoms with Crippen molar-refractivity contribution in [3.8, 4) is 0 Å². The van der Waals surface area contributed by atoms with Crippen LogP contribution in [-0.4, -0.2) is 32.7 Å². The fourth-order valence-electron chi connectivity index (χ4n) is 1.78. The van der Waals surface area contributed by atoms with Crippen LogP contribution in [0.3, 0.4) is 0 Å². The van der Waals surface area contributed by atoms with Gasteiger partial charge in [0, 0.05) is 22.9 Å². The highest BCUT2D eigenvalue weighted by molar-refractivity contribution is 8.00. The zero-order valence-corrected chi connectivity index (χ0v) is 13.8. The largest absolute Gasteiger partial charge is 0.310 e. The van der Waals surface area contributed by atoms with E-state index in [1.165, 1.54) is 24.1 Å². The maximum atomic E-state index is 14.0. The molecule has 0 aliphatic carbocycles. The molecule has 1 unspecified atom stereocenters. The second-order valence-corrected chi connectivity index (χ2v) is 8.18. The van der Waals surface area contributed by atoms with Gasteiger partial charge in [-0.15, -0.1) is 11.8 Å². The van der Waals surface area contributed by atoms with Gasteiger partial charge < -0.3 is 5.32 Å². The summed E-state index contributed by atoms with van der Waals surface area (Å²) >= 11 is 1.27. The summed E-state index contributed by atoms with van der Waals surface area (Å²) in [6, 6.07) is 5.04. The van der Waals surface area contributed by atoms with Gasteiger partial charge in [0.25, 0.3) is 0 Å². The minimum Gasteiger partial charge on any atom is -0.310 e. The highest BCUT2D eigenvalue weighted by Crippen LogP contribution is 2.30. The first-order valence-corrected chi connectivity index (χ1v) is 9.72. The van der Waals surface area contributed by atoms with E-state index < -0.39 is 9.84 Å². The topological polar surface area (TPSA) is 46.2 Å². The minimum atomic E-state index is -3.01. The van der Waals surface area contributed by atoms with Crippen molar-refractivity contribution in [1.29, 1.82) is 0 Å². The lowest BCUT2D eigenvalue weighted by Crippen LogP contribution is -2.20. The van der Waals surface area contributed by atoms with Crippen LogP contribution in [0.25, 0.3) is 0 Å². The molecule has 0 aromatic heterocycles. The maximum Gasteiger partial charge on any atom is 0.148 e. The van der Waals surface area contributed by atoms with Crippen molar-refractivity contribution in [2.75, 3.05) is 24.3 Å². The van der Waals surface area contributed by atoms with Crippen LogP contribution in [0.15, 0.2) is 23.1 Å². The molecule has 0 bridgehead atoms. The second-order valence-electron chi connectivity index (χ2n) is 4.81. The van der Waals surface area contributed by atoms with Gasteiger partial charge in [-0.25, -0.2) is 12.8 Å². The number of hydrogen-bond donors (Lipinski definition) is 1. The highest BCUT2D eigenvalue weighted by atomic mass is 32.2. The van der Waals surface area contributed by atoms with E-state index in [0.29, 0.717) is 10.6 Å². The molecule has 0 saturated heterocycles. The first kappa shape index (κ1) is 17.5. The molecule has 0 aliphatic rings. The average Bonchev–Trinajstić information content (AvgIpc) is 2.36. The number of sulfone groups is 1. The molecular weight excluding hydrogens is 297 g/mol. The van der Waals surface area contributed by atoms with Crippen LogP contribution in [-0.2, 0) is 9.84 Å². The Morgan fingerprint density at radius 3 is 2.70 bits per heavy atom. The molecule has 0 fully saturated rings. The zero-order chi connectivity index (χ0) is 15.2. The van der Waals surface area contributed by atoms with E-state index >= 15 is 0 Å². The third-order valence-corrected chi connectivity index (χ3v) is 5.20. The normalized spacial score (nSPS) is 13.4. The molecule has 6 heteroatoms. The Kier molecular flexibility index (Phi) is 6.99. The smallest absolute Gasteiger partial charge is 0.148 e. The Labute approximate surface area is 125 Å². The van der Waals surface area contributed by atoms with Crippen LogP contribution in [0.4, 0.5) is 4.39 Å². The SMILES string of the molecule is CCCNC(C)c1cccc(F)c1SCCS(C)(=O)=O. The lowest BCUT2D eigenvalue weighted by molar-refractivity contribution is 0.543. The van der Waals surface area contributed by atoms with Crippen LogP contribution in [0.5, 0.6) is 0 Å². The van der Waals surface area contributed by atoms with Gasteiger partial charge in [0.1, 0.15) is 15.7 Å². The van der Waals surface area contributed by atoms with Crippen LogP contribution in [0.1, 0.15) is 31.9 Å². The van der Waals surface area contributed by atoms with Crippen molar-refractivity contribution in [3.05, 3.63) is 29.6 Å². The van der Waals surface area contributed by atoms with Gasteiger partial charge in [0.05, 0.1) is 5.75 Å². The molecule has 0 aliphatic heterocycles. The number of thioether (sulfide) groups is 1. The van der Waals surface area contributed by atoms with E-state index in [1.54, 1.807) is 6.07 Å². The molecule has 0 radical (unpaired) electrons. The van der Waals surface area contributed by atoms with Gasteiger partial charge in [0.15, 0.2) is 0 Å². The van der Waals surface area contributed by atoms with Crippen molar-refractivity contribution in [2.24, 2.45) is 0 Å². The summed E-state index contributed by atoms with van der Waals surface area (Å²) in [4.78, 5) is 0.548. The van der Waals surface area contributed by atoms with Crippen LogP contribution >= 0.6 is 11.8 Å². The summed E-state index contributed by atoms with van der Waals surface area (Å²) in [5.41, 5.74) is 0.886. The second kappa shape index (κ2) is 8.00. The summed E-state index contributed by atoms with van der Waals surface area (Å²) < 4.78 is 36.2. The fraction of sp³-hybridized carbons (Fsp3) is 0.571. The van der Waals surface area contributed by atoms with Crippen molar-refractivity contribution >= 4 is 21.6 Å². The molecule has 114 valence electrons. The van der Waals surface area contributed by atoms with Crippen LogP contribution in [0, 0.1) is 5.82 Å². The van der Waals surface area contributed by atoms with E-state index in [4.69, 9.17) is 0 Å². The molecule has 0 spiro atoms. The lowest BCUT2D eigenvalue weighted by atomic mass is 10.1. The fourth-order valence-corrected chi connectivity index (χ4v) is 4.15. The molecular formula is C14H22FNO2S2. The van der Waals surface area contributed by atoms with Gasteiger partial charge in [-0.2, -0.15) is 0 Å². The highest BCUT2D eigenvalue weighted by Gasteiger charge is 2.15. The van der Waals surface area contributed by atoms with Crippen LogP contribution in [0.2, 0.25) is 0 Å². The van der Waals surface area contributed by atoms with E-state index in [-0.39, 0.29) is 17.6 Å². The van der Waals surface area contributed by atoms with E-state index in [9.17, 15) is 12.8 Å². The number of benzene rings is 1. The van der Waals surface area contributed by atoms with Gasteiger partial charge in [-0.1, -0.05) is 19.1 Å². The number of hydrogen-bond acceptors (Lipinski definition) is 4. The van der Waals surface area contributed by atoms with Crippen molar-refractivity contribution in [3.63, 3.8) is 0 Å². The Hall–Kier alpha value is -0.590. The molecule has 20 heavy (non-hydrogen) atoms. The van der Waals surface area contributed by atoms with Crippen molar-refractivity contribution in [1.82, 2.24) is 5.32 Å². The van der Waals surface area contributed by atoms with Crippen LogP contribution < -0.4 is 5.32 Å². The maximum absolute atomic E-state index is 14.0. The molecule has 1 rings (SSSR count). The first-order valence-electron chi connectivity index (χ1n) is 6.67. The third-order valence-electron chi connectivity index (χ3n) is 2.86. The summed E-state index contributed by atoms with van der Waals surface area (Å²) in [5.74, 6) is 0.140. The Balaban J connectivity index is 2.82. The molecule has 1 aromatic carbocycles. The van der Waals surface area contributed by atoms with E-state index in [1.807, 2.05) is 13.0 Å². The van der Waals surface area contributed by atoms with Crippen molar-refractivity contribution in [2.45, 2.75) is 31.2 Å². The third kappa shape index (κ3) is 5.81. The quantitative estimate of drug-likeness (QED) is 0.748. The monoisotopic (exact) mass is 319 g/mol. The minimum absolute atomic E-state index is 0.0476. The number of halogens is 1. The Morgan fingerprint density at radius 1 is 1.40 bits per heavy atom. The van der Waals surface area contributed by atoms with Gasteiger partial charge in [-0.3, -0.25) is 0 Å². The van der Waals surface area contributed by atoms with Gasteiger partial charge in [-0.05, 0) is 31.5 Å². The predicted octanol–water partition coefficient (Wildman–Crippen LogP) is 3.02. The summed E-state index contributed by atoms with van der Waals surface area (Å²) in [5, 5.41) is 3.32. The van der Waals surface area contributed by atoms with Gasteiger partial charge >= 0.3 is 0 Å². The zero-order valence-electron chi connectivity index (χ0n) is 12.1. The molecule has 3 nitrogen and oxygen atoms in total. The first-order chi connectivity index (χ1) is 9.35. The summed E-state index contributed by atoms with van der Waals surface area (Å²) in [6.45, 7) is 4.93. The summed E-state index contributed by atoms with van der Waals surface area (Å²) in [6.07, 6.45) is 2.21. The molecule has 0 amide bonds. The van der Waals surface area contributed by atoms with E-state index in [2.05, 4.69) is 12.2 Å². The van der Waals surface area contributed by atoms with Crippen molar-refractivity contribution < 1.29 is 12.8 Å². The average molecular weight is 319 g/mol. The van der Waals surface area contributed by atoms with E-state index in [0.717, 1.165) is 18.5 Å². The summed E-state index contributed by atoms with van der Waals surface area (Å²) in [7, 11) is -3.01. The standard InChI is InChI=1S/C14H22FNO2S2/c1-4-8-16-11(2)12-6-5-7-13(15)14(12)19-9-10-20(3,17)18/h5-7,11,16H,4,8-10H2,1-3H3. The number of rotatable bonds is 8. The molecule has 1 aromatic rings. The molecule has 0 saturated carbocycles. The molecule has 1 atom stereocenters. The Bertz CT molecular complexity index is 532. The van der Waals surface area contributed by atoms with Gasteiger partial charge in [0.2, 0.25) is 0 Å². The Morgan fingerprint density at radius 2 is 2.10 bits per heavy atom. The molecule has 1 N–H and O–H groups in total.